The molecule has 104 heavy (non-hydrogen) atoms. The van der Waals surface area contributed by atoms with Crippen LogP contribution in [0.5, 0.6) is 0 Å². The Hall–Kier alpha value is -1.27. The van der Waals surface area contributed by atoms with Crippen molar-refractivity contribution in [2.75, 3.05) is 19.8 Å². The van der Waals surface area contributed by atoms with Gasteiger partial charge in [-0.2, -0.15) is 0 Å². The summed E-state index contributed by atoms with van der Waals surface area (Å²) in [6, 6.07) is -0.913. The van der Waals surface area contributed by atoms with E-state index in [0.717, 1.165) is 44.9 Å². The third-order valence-corrected chi connectivity index (χ3v) is 23.0. The molecule has 0 bridgehead atoms. The first-order valence-corrected chi connectivity index (χ1v) is 45.9. The number of hydrogen-bond donors (Lipinski definition) is 9. The number of ether oxygens (including phenoxy) is 4. The average molecular weight is 1480 g/mol. The molecule has 0 saturated carbocycles. The van der Waals surface area contributed by atoms with Gasteiger partial charge in [-0.05, 0) is 19.3 Å². The minimum atomic E-state index is -1.79. The normalized spacial score (nSPS) is 21.4. The highest BCUT2D eigenvalue weighted by Crippen LogP contribution is 2.31. The quantitative estimate of drug-likeness (QED) is 0.0204. The van der Waals surface area contributed by atoms with Gasteiger partial charge in [-0.15, -0.1) is 0 Å². The number of rotatable bonds is 80. The lowest BCUT2D eigenvalue weighted by molar-refractivity contribution is -0.359. The molecule has 0 aromatic carbocycles. The van der Waals surface area contributed by atoms with Crippen molar-refractivity contribution in [1.82, 2.24) is 5.32 Å². The van der Waals surface area contributed by atoms with Crippen molar-refractivity contribution < 1.29 is 64.6 Å². The Morgan fingerprint density at radius 3 is 0.885 bits per heavy atom. The summed E-state index contributed by atoms with van der Waals surface area (Å²) in [6.45, 7) is 2.89. The predicted octanol–water partition coefficient (Wildman–Crippen LogP) is 22.4. The number of carbonyl (C=O) groups excluding carboxylic acids is 1. The molecular weight excluding hydrogens is 1300 g/mol. The number of amides is 1. The Balaban J connectivity index is 1.54. The van der Waals surface area contributed by atoms with Crippen molar-refractivity contribution in [3.8, 4) is 0 Å². The van der Waals surface area contributed by atoms with Crippen LogP contribution in [0.3, 0.4) is 0 Å². The minimum Gasteiger partial charge on any atom is -0.394 e. The Labute approximate surface area is 641 Å². The zero-order valence-electron chi connectivity index (χ0n) is 68.3. The van der Waals surface area contributed by atoms with Gasteiger partial charge < -0.3 is 65.1 Å². The number of allylic oxidation sites excluding steroid dienone is 1. The lowest BCUT2D eigenvalue weighted by Gasteiger charge is -2.46. The largest absolute Gasteiger partial charge is 0.394 e. The van der Waals surface area contributed by atoms with Crippen LogP contribution in [0, 0.1) is 0 Å². The van der Waals surface area contributed by atoms with E-state index in [0.29, 0.717) is 0 Å². The van der Waals surface area contributed by atoms with Crippen LogP contribution in [0.1, 0.15) is 463 Å². The Morgan fingerprint density at radius 2 is 0.596 bits per heavy atom. The van der Waals surface area contributed by atoms with Gasteiger partial charge in [-0.25, -0.2) is 0 Å². The number of aliphatic hydroxyl groups excluding tert-OH is 8. The van der Waals surface area contributed by atoms with Crippen LogP contribution in [0.4, 0.5) is 0 Å². The van der Waals surface area contributed by atoms with Gasteiger partial charge >= 0.3 is 0 Å². The van der Waals surface area contributed by atoms with Gasteiger partial charge in [0.25, 0.3) is 0 Å². The molecule has 12 unspecified atom stereocenters. The Morgan fingerprint density at radius 1 is 0.337 bits per heavy atom. The summed E-state index contributed by atoms with van der Waals surface area (Å²) in [7, 11) is 0. The van der Waals surface area contributed by atoms with E-state index in [1.807, 2.05) is 6.08 Å². The summed E-state index contributed by atoms with van der Waals surface area (Å²) in [5, 5.41) is 87.9. The summed E-state index contributed by atoms with van der Waals surface area (Å²) in [5.41, 5.74) is 0. The van der Waals surface area contributed by atoms with Crippen LogP contribution < -0.4 is 5.32 Å². The van der Waals surface area contributed by atoms with Crippen molar-refractivity contribution in [2.45, 2.75) is 537 Å². The highest BCUT2D eigenvalue weighted by atomic mass is 16.7. The summed E-state index contributed by atoms with van der Waals surface area (Å²) in [5.74, 6) is -0.227. The Kier molecular flexibility index (Phi) is 70.8. The monoisotopic (exact) mass is 1480 g/mol. The van der Waals surface area contributed by atoms with Crippen molar-refractivity contribution in [2.24, 2.45) is 0 Å². The minimum absolute atomic E-state index is 0.227. The number of carbonyl (C=O) groups is 1. The smallest absolute Gasteiger partial charge is 0.220 e. The lowest BCUT2D eigenvalue weighted by atomic mass is 9.97. The zero-order valence-corrected chi connectivity index (χ0v) is 68.3. The fourth-order valence-electron chi connectivity index (χ4n) is 15.8. The van der Waals surface area contributed by atoms with Crippen LogP contribution in [-0.2, 0) is 23.7 Å². The molecule has 0 aliphatic carbocycles. The highest BCUT2D eigenvalue weighted by Gasteiger charge is 2.51. The van der Waals surface area contributed by atoms with E-state index < -0.39 is 86.8 Å². The molecule has 2 heterocycles. The van der Waals surface area contributed by atoms with Gasteiger partial charge in [-0.3, -0.25) is 4.79 Å². The molecule has 0 spiro atoms. The molecule has 12 atom stereocenters. The van der Waals surface area contributed by atoms with Crippen molar-refractivity contribution in [1.29, 1.82) is 0 Å². The second-order valence-electron chi connectivity index (χ2n) is 32.8. The van der Waals surface area contributed by atoms with Crippen LogP contribution in [-0.4, -0.2) is 140 Å². The van der Waals surface area contributed by atoms with E-state index in [1.165, 1.54) is 398 Å². The topological polar surface area (TPSA) is 228 Å². The standard InChI is InChI=1S/C90H175NO13/c1-3-5-7-9-11-13-15-17-19-21-23-25-27-29-31-33-35-36-37-38-39-40-41-42-43-44-46-48-50-52-54-56-58-60-62-64-66-68-70-72-74-82(95)91-78(77-101-89-87(100)85(98)88(81(76-93)103-89)104-90-86(99)84(97)83(96)80(75-92)102-90)79(94)73-71-69-67-65-63-61-59-57-55-53-51-49-47-45-34-32-30-28-26-24-22-20-18-16-14-12-10-8-6-4-2/h71,73,78-81,83-90,92-94,96-100H,3-70,72,74-77H2,1-2H3,(H,91,95)/b73-71+. The number of nitrogens with one attached hydrogen (secondary N) is 1. The van der Waals surface area contributed by atoms with Gasteiger partial charge in [0, 0.05) is 6.42 Å². The van der Waals surface area contributed by atoms with E-state index in [2.05, 4.69) is 19.2 Å². The molecule has 2 aliphatic heterocycles. The summed E-state index contributed by atoms with van der Waals surface area (Å²) >= 11 is 0. The predicted molar refractivity (Wildman–Crippen MR) is 434 cm³/mol. The van der Waals surface area contributed by atoms with Gasteiger partial charge in [-0.1, -0.05) is 450 Å². The van der Waals surface area contributed by atoms with Crippen LogP contribution in [0.15, 0.2) is 12.2 Å². The summed E-state index contributed by atoms with van der Waals surface area (Å²) in [4.78, 5) is 13.4. The van der Waals surface area contributed by atoms with Gasteiger partial charge in [0.15, 0.2) is 12.6 Å². The fraction of sp³-hybridized carbons (Fsp3) is 0.967. The van der Waals surface area contributed by atoms with E-state index in [-0.39, 0.29) is 18.9 Å². The molecule has 2 fully saturated rings. The van der Waals surface area contributed by atoms with Gasteiger partial charge in [0.05, 0.1) is 32.0 Å². The average Bonchev–Trinajstić information content (AvgIpc) is 0.788. The van der Waals surface area contributed by atoms with Crippen LogP contribution in [0.25, 0.3) is 0 Å². The zero-order chi connectivity index (χ0) is 75.1. The molecule has 0 aromatic rings. The third-order valence-electron chi connectivity index (χ3n) is 23.0. The van der Waals surface area contributed by atoms with E-state index in [4.69, 9.17) is 18.9 Å². The van der Waals surface area contributed by atoms with Crippen LogP contribution >= 0.6 is 0 Å². The maximum Gasteiger partial charge on any atom is 0.220 e. The van der Waals surface area contributed by atoms with Gasteiger partial charge in [0.1, 0.15) is 48.8 Å². The van der Waals surface area contributed by atoms with Crippen molar-refractivity contribution in [3.63, 3.8) is 0 Å². The molecule has 0 aromatic heterocycles. The second-order valence-corrected chi connectivity index (χ2v) is 32.8. The molecule has 14 nitrogen and oxygen atoms in total. The lowest BCUT2D eigenvalue weighted by Crippen LogP contribution is -2.65. The second kappa shape index (κ2) is 74.5. The first-order valence-electron chi connectivity index (χ1n) is 45.9. The molecule has 2 rings (SSSR count). The molecule has 9 N–H and O–H groups in total. The first kappa shape index (κ1) is 98.8. The highest BCUT2D eigenvalue weighted by molar-refractivity contribution is 5.76. The number of unbranched alkanes of at least 4 members (excludes halogenated alkanes) is 67. The third kappa shape index (κ3) is 56.0. The summed E-state index contributed by atoms with van der Waals surface area (Å²) in [6.07, 6.45) is 80.6. The van der Waals surface area contributed by atoms with Crippen LogP contribution in [0.2, 0.25) is 0 Å². The van der Waals surface area contributed by atoms with Crippen molar-refractivity contribution >= 4 is 5.91 Å². The van der Waals surface area contributed by atoms with E-state index in [1.54, 1.807) is 6.08 Å². The van der Waals surface area contributed by atoms with Gasteiger partial charge in [0.2, 0.25) is 5.91 Å². The molecule has 0 radical (unpaired) electrons. The van der Waals surface area contributed by atoms with Crippen molar-refractivity contribution in [3.05, 3.63) is 12.2 Å². The van der Waals surface area contributed by atoms with E-state index >= 15 is 0 Å². The Bertz CT molecular complexity index is 1790. The number of aliphatic hydroxyl groups is 8. The number of hydrogen-bond acceptors (Lipinski definition) is 13. The molecule has 618 valence electrons. The molecule has 1 amide bonds. The summed E-state index contributed by atoms with van der Waals surface area (Å²) < 4.78 is 23.0. The fourth-order valence-corrected chi connectivity index (χ4v) is 15.8. The maximum absolute atomic E-state index is 13.4. The molecule has 2 aliphatic rings. The first-order chi connectivity index (χ1) is 51.1. The molecular formula is C90H175NO13. The maximum atomic E-state index is 13.4. The SMILES string of the molecule is CCCCCCCCCCCCCCCCCCCCCCCCCCCCCC/C=C/C(O)C(COC1OC(CO)C(OC2OC(CO)C(O)C(O)C2O)C(O)C1O)NC(=O)CCCCCCCCCCCCCCCCCCCCCCCCCCCCCCCCCCCCCCCCCC. The molecule has 2 saturated heterocycles. The van der Waals surface area contributed by atoms with E-state index in [9.17, 15) is 45.6 Å². The molecule has 14 heteroatoms.